The van der Waals surface area contributed by atoms with E-state index in [1.54, 1.807) is 0 Å². The van der Waals surface area contributed by atoms with Crippen molar-refractivity contribution < 1.29 is 27.4 Å². The molecule has 0 unspecified atom stereocenters. The Morgan fingerprint density at radius 1 is 1.37 bits per heavy atom. The second kappa shape index (κ2) is 6.48. The van der Waals surface area contributed by atoms with Crippen molar-refractivity contribution in [1.29, 1.82) is 0 Å². The van der Waals surface area contributed by atoms with Crippen LogP contribution in [0, 0.1) is 5.82 Å². The van der Waals surface area contributed by atoms with E-state index in [2.05, 4.69) is 0 Å². The Balaban J connectivity index is 2.54. The minimum Gasteiger partial charge on any atom is -0.491 e. The summed E-state index contributed by atoms with van der Waals surface area (Å²) in [6.45, 7) is 0.152. The average molecular weight is 291 g/mol. The molecule has 0 atom stereocenters. The molecule has 0 aliphatic heterocycles. The molecule has 0 aliphatic carbocycles. The minimum absolute atomic E-state index is 0.0240. The number of unbranched alkanes of at least 4 members (excludes halogenated alkanes) is 1. The van der Waals surface area contributed by atoms with Crippen LogP contribution in [0.1, 0.15) is 19.3 Å². The summed E-state index contributed by atoms with van der Waals surface area (Å²) in [5.74, 6) is -1.82. The van der Waals surface area contributed by atoms with Gasteiger partial charge in [0.25, 0.3) is 0 Å². The monoisotopic (exact) mass is 291 g/mol. The Labute approximate surface area is 110 Å². The van der Waals surface area contributed by atoms with Crippen molar-refractivity contribution >= 4 is 16.0 Å². The summed E-state index contributed by atoms with van der Waals surface area (Å²) < 4.78 is 40.5. The number of benzene rings is 1. The molecule has 19 heavy (non-hydrogen) atoms. The molecule has 1 aromatic rings. The lowest BCUT2D eigenvalue weighted by Crippen LogP contribution is -2.12. The van der Waals surface area contributed by atoms with Gasteiger partial charge in [-0.2, -0.15) is 0 Å². The van der Waals surface area contributed by atoms with E-state index in [0.717, 1.165) is 12.1 Å². The second-order valence-corrected chi connectivity index (χ2v) is 5.40. The van der Waals surface area contributed by atoms with Crippen LogP contribution in [0.25, 0.3) is 0 Å². The largest absolute Gasteiger partial charge is 0.491 e. The van der Waals surface area contributed by atoms with E-state index in [9.17, 15) is 17.6 Å². The van der Waals surface area contributed by atoms with Crippen molar-refractivity contribution in [1.82, 2.24) is 0 Å². The summed E-state index contributed by atoms with van der Waals surface area (Å²) in [6, 6.07) is 3.10. The number of ether oxygens (including phenoxy) is 1. The molecule has 0 spiro atoms. The van der Waals surface area contributed by atoms with Crippen LogP contribution in [0.15, 0.2) is 23.1 Å². The zero-order valence-corrected chi connectivity index (χ0v) is 10.8. The molecule has 0 amide bonds. The summed E-state index contributed by atoms with van der Waals surface area (Å²) in [6.07, 6.45) is 0.908. The summed E-state index contributed by atoms with van der Waals surface area (Å²) in [5, 5.41) is 13.3. The Hall–Kier alpha value is -1.67. The van der Waals surface area contributed by atoms with Crippen molar-refractivity contribution in [3.63, 3.8) is 0 Å². The summed E-state index contributed by atoms with van der Waals surface area (Å²) in [7, 11) is -3.94. The van der Waals surface area contributed by atoms with Crippen LogP contribution in [0.3, 0.4) is 0 Å². The molecule has 0 fully saturated rings. The molecule has 3 N–H and O–H groups in total. The maximum atomic E-state index is 13.5. The number of sulfonamides is 1. The lowest BCUT2D eigenvalue weighted by molar-refractivity contribution is -0.137. The Morgan fingerprint density at radius 3 is 2.58 bits per heavy atom. The number of primary sulfonamides is 1. The summed E-state index contributed by atoms with van der Waals surface area (Å²) in [5.41, 5.74) is 0. The number of rotatable bonds is 7. The topological polar surface area (TPSA) is 107 Å². The van der Waals surface area contributed by atoms with Gasteiger partial charge in [0, 0.05) is 6.42 Å². The Morgan fingerprint density at radius 2 is 2.05 bits per heavy atom. The number of nitrogens with two attached hydrogens (primary N) is 1. The molecule has 0 heterocycles. The van der Waals surface area contributed by atoms with Gasteiger partial charge in [-0.1, -0.05) is 0 Å². The van der Waals surface area contributed by atoms with Gasteiger partial charge in [-0.05, 0) is 31.0 Å². The van der Waals surface area contributed by atoms with Gasteiger partial charge in [0.1, 0.15) is 0 Å². The molecule has 1 rings (SSSR count). The third-order valence-electron chi connectivity index (χ3n) is 2.27. The fourth-order valence-electron chi connectivity index (χ4n) is 1.34. The van der Waals surface area contributed by atoms with Crippen LogP contribution in [-0.2, 0) is 14.8 Å². The van der Waals surface area contributed by atoms with Crippen LogP contribution in [-0.4, -0.2) is 26.1 Å². The number of carboxylic acid groups (broad SMARTS) is 1. The lowest BCUT2D eigenvalue weighted by atomic mass is 10.2. The van der Waals surface area contributed by atoms with E-state index in [4.69, 9.17) is 15.0 Å². The molecule has 0 aliphatic rings. The molecular formula is C11H14FNO5S. The predicted octanol–water partition coefficient (Wildman–Crippen LogP) is 1.11. The summed E-state index contributed by atoms with van der Waals surface area (Å²) in [4.78, 5) is 9.92. The average Bonchev–Trinajstić information content (AvgIpc) is 2.28. The van der Waals surface area contributed by atoms with Crippen molar-refractivity contribution in [3.8, 4) is 5.75 Å². The molecule has 6 nitrogen and oxygen atoms in total. The van der Waals surface area contributed by atoms with E-state index in [0.29, 0.717) is 12.8 Å². The van der Waals surface area contributed by atoms with E-state index < -0.39 is 21.8 Å². The van der Waals surface area contributed by atoms with E-state index in [-0.39, 0.29) is 23.7 Å². The van der Waals surface area contributed by atoms with Gasteiger partial charge in [-0.25, -0.2) is 17.9 Å². The zero-order valence-electron chi connectivity index (χ0n) is 10.0. The van der Waals surface area contributed by atoms with Crippen LogP contribution in [0.5, 0.6) is 5.75 Å². The van der Waals surface area contributed by atoms with E-state index in [1.807, 2.05) is 0 Å². The van der Waals surface area contributed by atoms with Crippen molar-refractivity contribution in [2.24, 2.45) is 5.14 Å². The van der Waals surface area contributed by atoms with Gasteiger partial charge in [-0.3, -0.25) is 4.79 Å². The number of hydrogen-bond acceptors (Lipinski definition) is 4. The smallest absolute Gasteiger partial charge is 0.303 e. The van der Waals surface area contributed by atoms with Gasteiger partial charge >= 0.3 is 5.97 Å². The predicted molar refractivity (Wildman–Crippen MR) is 64.8 cm³/mol. The molecule has 106 valence electrons. The first kappa shape index (κ1) is 15.4. The van der Waals surface area contributed by atoms with Crippen molar-refractivity contribution in [2.75, 3.05) is 6.61 Å². The van der Waals surface area contributed by atoms with Gasteiger partial charge < -0.3 is 9.84 Å². The van der Waals surface area contributed by atoms with Gasteiger partial charge in [-0.15, -0.1) is 0 Å². The minimum atomic E-state index is -3.94. The summed E-state index contributed by atoms with van der Waals surface area (Å²) >= 11 is 0. The number of halogens is 1. The van der Waals surface area contributed by atoms with Gasteiger partial charge in [0.05, 0.1) is 11.5 Å². The number of aliphatic carboxylic acids is 1. The van der Waals surface area contributed by atoms with E-state index in [1.165, 1.54) is 6.07 Å². The van der Waals surface area contributed by atoms with E-state index >= 15 is 0 Å². The first-order valence-corrected chi connectivity index (χ1v) is 7.02. The molecular weight excluding hydrogens is 277 g/mol. The maximum Gasteiger partial charge on any atom is 0.303 e. The van der Waals surface area contributed by atoms with Crippen LogP contribution < -0.4 is 9.88 Å². The fourth-order valence-corrected chi connectivity index (χ4v) is 1.86. The fraction of sp³-hybridized carbons (Fsp3) is 0.364. The van der Waals surface area contributed by atoms with Gasteiger partial charge in [0.2, 0.25) is 10.0 Å². The Bertz CT molecular complexity index is 558. The molecule has 0 radical (unpaired) electrons. The quantitative estimate of drug-likeness (QED) is 0.732. The first-order chi connectivity index (χ1) is 8.80. The number of carbonyl (C=O) groups is 1. The Kier molecular flexibility index (Phi) is 5.25. The standard InChI is InChI=1S/C11H14FNO5S/c12-9-7-8(19(13,16)17)4-5-10(9)18-6-2-1-3-11(14)15/h4-5,7H,1-3,6H2,(H,14,15)(H2,13,16,17). The molecule has 0 bridgehead atoms. The highest BCUT2D eigenvalue weighted by atomic mass is 32.2. The molecule has 1 aromatic carbocycles. The lowest BCUT2D eigenvalue weighted by Gasteiger charge is -2.07. The van der Waals surface area contributed by atoms with Crippen molar-refractivity contribution in [2.45, 2.75) is 24.2 Å². The number of carboxylic acids is 1. The first-order valence-electron chi connectivity index (χ1n) is 5.47. The van der Waals surface area contributed by atoms with Gasteiger partial charge in [0.15, 0.2) is 11.6 Å². The normalized spacial score (nSPS) is 11.3. The third-order valence-corrected chi connectivity index (χ3v) is 3.19. The second-order valence-electron chi connectivity index (χ2n) is 3.84. The third kappa shape index (κ3) is 5.23. The highest BCUT2D eigenvalue weighted by Gasteiger charge is 2.12. The highest BCUT2D eigenvalue weighted by Crippen LogP contribution is 2.20. The van der Waals surface area contributed by atoms with Crippen LogP contribution in [0.4, 0.5) is 4.39 Å². The van der Waals surface area contributed by atoms with Crippen LogP contribution >= 0.6 is 0 Å². The highest BCUT2D eigenvalue weighted by molar-refractivity contribution is 7.89. The van der Waals surface area contributed by atoms with Crippen molar-refractivity contribution in [3.05, 3.63) is 24.0 Å². The molecule has 0 aromatic heterocycles. The van der Waals surface area contributed by atoms with Crippen LogP contribution in [0.2, 0.25) is 0 Å². The SMILES string of the molecule is NS(=O)(=O)c1ccc(OCCCCC(=O)O)c(F)c1. The maximum absolute atomic E-state index is 13.5. The molecule has 8 heteroatoms. The molecule has 0 saturated heterocycles. The number of hydrogen-bond donors (Lipinski definition) is 2. The molecule has 0 saturated carbocycles. The zero-order chi connectivity index (χ0) is 14.5.